The average molecular weight is 638 g/mol. The highest BCUT2D eigenvalue weighted by Crippen LogP contribution is 2.61. The molecule has 2 heterocycles. The van der Waals surface area contributed by atoms with Gasteiger partial charge in [-0.15, -0.1) is 0 Å². The van der Waals surface area contributed by atoms with E-state index < -0.39 is 5.60 Å². The van der Waals surface area contributed by atoms with Crippen molar-refractivity contribution in [2.75, 3.05) is 45.4 Å². The van der Waals surface area contributed by atoms with E-state index >= 15 is 0 Å². The molecule has 48 heavy (non-hydrogen) atoms. The summed E-state index contributed by atoms with van der Waals surface area (Å²) in [6, 6.07) is 30.6. The molecule has 8 rings (SSSR count). The van der Waals surface area contributed by atoms with Gasteiger partial charge in [-0.1, -0.05) is 86.2 Å². The first kappa shape index (κ1) is 30.6. The van der Waals surface area contributed by atoms with E-state index in [1.165, 1.54) is 33.2 Å². The number of hydrogen-bond donors (Lipinski definition) is 0. The summed E-state index contributed by atoms with van der Waals surface area (Å²) >= 11 is 0. The molecular weight excluding hydrogens is 594 g/mol. The van der Waals surface area contributed by atoms with Crippen LogP contribution in [0.2, 0.25) is 0 Å². The summed E-state index contributed by atoms with van der Waals surface area (Å²) in [5.74, 6) is 2.56. The first-order valence-electron chi connectivity index (χ1n) is 17.2. The van der Waals surface area contributed by atoms with Gasteiger partial charge in [0, 0.05) is 40.6 Å². The lowest BCUT2D eigenvalue weighted by Gasteiger charge is -2.39. The number of ether oxygens (including phenoxy) is 4. The van der Waals surface area contributed by atoms with Crippen LogP contribution in [0.25, 0.3) is 28.0 Å². The smallest absolute Gasteiger partial charge is 0.178 e. The molecule has 0 saturated carbocycles. The Morgan fingerprint density at radius 2 is 1.48 bits per heavy atom. The van der Waals surface area contributed by atoms with Crippen molar-refractivity contribution in [2.24, 2.45) is 0 Å². The monoisotopic (exact) mass is 637 g/mol. The average Bonchev–Trinajstić information content (AvgIpc) is 3.45. The maximum Gasteiger partial charge on any atom is 0.178 e. The summed E-state index contributed by atoms with van der Waals surface area (Å²) in [7, 11) is 3.48. The SMILES string of the molecule is CCC1(CC)c2ccccc2-c2c1c1c(c3cc(OC)c(N4CCOCC4)cc23)OC(c2ccc(C)cc2)(c2ccc(OC)cc2)C=C1. The third kappa shape index (κ3) is 4.40. The third-order valence-corrected chi connectivity index (χ3v) is 11.1. The van der Waals surface area contributed by atoms with Crippen molar-refractivity contribution in [3.63, 3.8) is 0 Å². The summed E-state index contributed by atoms with van der Waals surface area (Å²) in [5, 5.41) is 2.26. The Labute approximate surface area is 283 Å². The summed E-state index contributed by atoms with van der Waals surface area (Å²) < 4.78 is 25.1. The molecular formula is C43H43NO4. The zero-order chi connectivity index (χ0) is 33.0. The normalized spacial score (nSPS) is 19.0. The number of hydrogen-bond acceptors (Lipinski definition) is 5. The highest BCUT2D eigenvalue weighted by atomic mass is 16.5. The molecule has 0 aromatic heterocycles. The molecule has 0 spiro atoms. The molecule has 0 amide bonds. The first-order chi connectivity index (χ1) is 23.5. The van der Waals surface area contributed by atoms with Gasteiger partial charge in [-0.3, -0.25) is 0 Å². The molecule has 0 N–H and O–H groups in total. The molecule has 5 aromatic carbocycles. The van der Waals surface area contributed by atoms with E-state index in [1.54, 1.807) is 14.2 Å². The van der Waals surface area contributed by atoms with E-state index in [-0.39, 0.29) is 5.41 Å². The highest BCUT2D eigenvalue weighted by Gasteiger charge is 2.47. The van der Waals surface area contributed by atoms with Gasteiger partial charge in [0.2, 0.25) is 0 Å². The molecule has 5 aromatic rings. The van der Waals surface area contributed by atoms with E-state index in [4.69, 9.17) is 18.9 Å². The van der Waals surface area contributed by atoms with Gasteiger partial charge in [0.1, 0.15) is 17.2 Å². The summed E-state index contributed by atoms with van der Waals surface area (Å²) in [5.41, 5.74) is 10.0. The predicted molar refractivity (Wildman–Crippen MR) is 195 cm³/mol. The van der Waals surface area contributed by atoms with Crippen LogP contribution in [0.5, 0.6) is 17.2 Å². The second kappa shape index (κ2) is 11.7. The fourth-order valence-corrected chi connectivity index (χ4v) is 8.50. The summed E-state index contributed by atoms with van der Waals surface area (Å²) in [6.45, 7) is 9.85. The number of benzene rings is 5. The number of nitrogens with zero attached hydrogens (tertiary/aromatic N) is 1. The topological polar surface area (TPSA) is 40.2 Å². The molecule has 2 aliphatic heterocycles. The fraction of sp³-hybridized carbons (Fsp3) is 0.302. The van der Waals surface area contributed by atoms with Crippen LogP contribution < -0.4 is 19.1 Å². The Bertz CT molecular complexity index is 2040. The number of fused-ring (bicyclic) bond motifs is 8. The van der Waals surface area contributed by atoms with E-state index in [0.29, 0.717) is 13.2 Å². The largest absolute Gasteiger partial charge is 0.497 e. The molecule has 244 valence electrons. The second-order valence-corrected chi connectivity index (χ2v) is 13.3. The predicted octanol–water partition coefficient (Wildman–Crippen LogP) is 9.44. The van der Waals surface area contributed by atoms with Crippen molar-refractivity contribution in [2.45, 2.75) is 44.6 Å². The van der Waals surface area contributed by atoms with Crippen molar-refractivity contribution in [1.82, 2.24) is 0 Å². The van der Waals surface area contributed by atoms with Crippen molar-refractivity contribution >= 4 is 22.5 Å². The van der Waals surface area contributed by atoms with Crippen LogP contribution in [-0.4, -0.2) is 40.5 Å². The quantitative estimate of drug-likeness (QED) is 0.178. The van der Waals surface area contributed by atoms with Crippen LogP contribution >= 0.6 is 0 Å². The van der Waals surface area contributed by atoms with Crippen LogP contribution in [-0.2, 0) is 15.8 Å². The van der Waals surface area contributed by atoms with Gasteiger partial charge in [0.05, 0.1) is 33.1 Å². The van der Waals surface area contributed by atoms with Crippen LogP contribution in [0.15, 0.2) is 91.0 Å². The number of morpholine rings is 1. The van der Waals surface area contributed by atoms with Gasteiger partial charge in [-0.2, -0.15) is 0 Å². The Hall–Kier alpha value is -4.74. The van der Waals surface area contributed by atoms with Crippen LogP contribution in [0.1, 0.15) is 60.1 Å². The van der Waals surface area contributed by atoms with Crippen LogP contribution in [0.3, 0.4) is 0 Å². The van der Waals surface area contributed by atoms with Crippen LogP contribution in [0.4, 0.5) is 5.69 Å². The van der Waals surface area contributed by atoms with Gasteiger partial charge in [-0.25, -0.2) is 0 Å². The maximum atomic E-state index is 7.59. The highest BCUT2D eigenvalue weighted by molar-refractivity contribution is 6.10. The third-order valence-electron chi connectivity index (χ3n) is 11.1. The number of methoxy groups -OCH3 is 2. The molecule has 1 atom stereocenters. The Kier molecular flexibility index (Phi) is 7.48. The molecule has 0 bridgehead atoms. The van der Waals surface area contributed by atoms with Crippen LogP contribution in [0, 0.1) is 6.92 Å². The first-order valence-corrected chi connectivity index (χ1v) is 17.2. The Morgan fingerprint density at radius 1 is 0.792 bits per heavy atom. The van der Waals surface area contributed by atoms with Crippen molar-refractivity contribution < 1.29 is 18.9 Å². The molecule has 1 saturated heterocycles. The number of anilines is 1. The fourth-order valence-electron chi connectivity index (χ4n) is 8.50. The van der Waals surface area contributed by atoms with Crippen molar-refractivity contribution in [3.05, 3.63) is 124 Å². The molecule has 5 nitrogen and oxygen atoms in total. The van der Waals surface area contributed by atoms with E-state index in [1.807, 2.05) is 12.1 Å². The lowest BCUT2D eigenvalue weighted by molar-refractivity contribution is 0.122. The lowest BCUT2D eigenvalue weighted by Crippen LogP contribution is -2.36. The maximum absolute atomic E-state index is 7.59. The van der Waals surface area contributed by atoms with Gasteiger partial charge < -0.3 is 23.8 Å². The van der Waals surface area contributed by atoms with E-state index in [9.17, 15) is 0 Å². The molecule has 1 fully saturated rings. The van der Waals surface area contributed by atoms with Gasteiger partial charge in [-0.05, 0) is 77.7 Å². The van der Waals surface area contributed by atoms with E-state index in [0.717, 1.165) is 70.9 Å². The molecule has 5 heteroatoms. The standard InChI is InChI=1S/C43H43NO4/c1-6-42(7-2)36-11-9-8-10-32(36)39-34-26-37(44-22-24-47-25-23-44)38(46-5)27-35(34)41-33(40(39)42)20-21-43(48-41,29-14-12-28(3)13-15-29)30-16-18-31(45-4)19-17-30/h8-21,26-27H,6-7,22-25H2,1-5H3. The zero-order valence-electron chi connectivity index (χ0n) is 28.6. The molecule has 1 unspecified atom stereocenters. The van der Waals surface area contributed by atoms with Gasteiger partial charge in [0.15, 0.2) is 5.60 Å². The van der Waals surface area contributed by atoms with Crippen molar-refractivity contribution in [3.8, 4) is 28.4 Å². The number of rotatable bonds is 7. The lowest BCUT2D eigenvalue weighted by atomic mass is 9.71. The van der Waals surface area contributed by atoms with Crippen molar-refractivity contribution in [1.29, 1.82) is 0 Å². The minimum Gasteiger partial charge on any atom is -0.497 e. The van der Waals surface area contributed by atoms with Gasteiger partial charge >= 0.3 is 0 Å². The minimum atomic E-state index is -0.850. The minimum absolute atomic E-state index is 0.138. The van der Waals surface area contributed by atoms with Gasteiger partial charge in [0.25, 0.3) is 0 Å². The Morgan fingerprint density at radius 3 is 2.15 bits per heavy atom. The number of aryl methyl sites for hydroxylation is 1. The molecule has 0 radical (unpaired) electrons. The molecule has 1 aliphatic carbocycles. The summed E-state index contributed by atoms with van der Waals surface area (Å²) in [6.07, 6.45) is 6.60. The summed E-state index contributed by atoms with van der Waals surface area (Å²) in [4.78, 5) is 2.40. The Balaban J connectivity index is 1.47. The second-order valence-electron chi connectivity index (χ2n) is 13.3. The molecule has 3 aliphatic rings. The zero-order valence-corrected chi connectivity index (χ0v) is 28.6. The van der Waals surface area contributed by atoms with E-state index in [2.05, 4.69) is 111 Å².